The standard InChI is InChI=1S/C14H17BrN2O/c1-10(2)17-9-16-7-12(17)8-18-14-5-4-11(3)6-13(14)15/h4-7,9-10H,8H2,1-3H3. The van der Waals surface area contributed by atoms with E-state index in [4.69, 9.17) is 4.74 Å². The molecule has 0 unspecified atom stereocenters. The smallest absolute Gasteiger partial charge is 0.134 e. The van der Waals surface area contributed by atoms with Gasteiger partial charge in [0.25, 0.3) is 0 Å². The normalized spacial score (nSPS) is 10.9. The van der Waals surface area contributed by atoms with E-state index < -0.39 is 0 Å². The van der Waals surface area contributed by atoms with Crippen molar-refractivity contribution in [3.63, 3.8) is 0 Å². The molecule has 0 amide bonds. The van der Waals surface area contributed by atoms with Gasteiger partial charge in [-0.05, 0) is 54.4 Å². The first-order chi connectivity index (χ1) is 8.58. The number of ether oxygens (including phenoxy) is 1. The van der Waals surface area contributed by atoms with E-state index in [0.29, 0.717) is 12.6 Å². The van der Waals surface area contributed by atoms with Crippen molar-refractivity contribution in [3.05, 3.63) is 46.5 Å². The van der Waals surface area contributed by atoms with Crippen LogP contribution < -0.4 is 4.74 Å². The molecule has 0 atom stereocenters. The summed E-state index contributed by atoms with van der Waals surface area (Å²) in [5.41, 5.74) is 2.29. The molecule has 3 nitrogen and oxygen atoms in total. The van der Waals surface area contributed by atoms with Crippen LogP contribution in [0.5, 0.6) is 5.75 Å². The Kier molecular flexibility index (Phi) is 4.07. The van der Waals surface area contributed by atoms with E-state index in [1.165, 1.54) is 5.56 Å². The molecule has 0 spiro atoms. The molecule has 96 valence electrons. The quantitative estimate of drug-likeness (QED) is 0.849. The van der Waals surface area contributed by atoms with Crippen LogP contribution in [0.15, 0.2) is 35.2 Å². The highest BCUT2D eigenvalue weighted by molar-refractivity contribution is 9.10. The van der Waals surface area contributed by atoms with E-state index in [0.717, 1.165) is 15.9 Å². The van der Waals surface area contributed by atoms with Crippen LogP contribution in [0.4, 0.5) is 0 Å². The molecular weight excluding hydrogens is 292 g/mol. The van der Waals surface area contributed by atoms with Crippen molar-refractivity contribution in [2.75, 3.05) is 0 Å². The van der Waals surface area contributed by atoms with Gasteiger partial charge in [0.1, 0.15) is 12.4 Å². The summed E-state index contributed by atoms with van der Waals surface area (Å²) in [5, 5.41) is 0. The number of aromatic nitrogens is 2. The second kappa shape index (κ2) is 5.57. The molecule has 0 bridgehead atoms. The average molecular weight is 309 g/mol. The van der Waals surface area contributed by atoms with Crippen molar-refractivity contribution >= 4 is 15.9 Å². The van der Waals surface area contributed by atoms with Gasteiger partial charge in [0, 0.05) is 6.04 Å². The Morgan fingerprint density at radius 1 is 1.39 bits per heavy atom. The molecule has 2 aromatic rings. The molecule has 0 N–H and O–H groups in total. The first kappa shape index (κ1) is 13.1. The monoisotopic (exact) mass is 308 g/mol. The van der Waals surface area contributed by atoms with Crippen molar-refractivity contribution in [2.45, 2.75) is 33.4 Å². The Morgan fingerprint density at radius 2 is 2.17 bits per heavy atom. The lowest BCUT2D eigenvalue weighted by molar-refractivity contribution is 0.290. The van der Waals surface area contributed by atoms with Crippen LogP contribution in [0.2, 0.25) is 0 Å². The van der Waals surface area contributed by atoms with E-state index in [-0.39, 0.29) is 0 Å². The van der Waals surface area contributed by atoms with Crippen LogP contribution in [0.1, 0.15) is 31.1 Å². The summed E-state index contributed by atoms with van der Waals surface area (Å²) < 4.78 is 8.92. The minimum Gasteiger partial charge on any atom is -0.486 e. The molecular formula is C14H17BrN2O. The maximum absolute atomic E-state index is 5.82. The Bertz CT molecular complexity index is 534. The molecule has 4 heteroatoms. The molecule has 0 fully saturated rings. The highest BCUT2D eigenvalue weighted by atomic mass is 79.9. The van der Waals surface area contributed by atoms with E-state index in [2.05, 4.69) is 52.3 Å². The lowest BCUT2D eigenvalue weighted by atomic mass is 10.2. The summed E-state index contributed by atoms with van der Waals surface area (Å²) in [6, 6.07) is 6.47. The van der Waals surface area contributed by atoms with Gasteiger partial charge in [0.2, 0.25) is 0 Å². The maximum atomic E-state index is 5.82. The Hall–Kier alpha value is -1.29. The summed E-state index contributed by atoms with van der Waals surface area (Å²) in [5.74, 6) is 0.858. The predicted molar refractivity (Wildman–Crippen MR) is 75.8 cm³/mol. The Balaban J connectivity index is 2.09. The molecule has 18 heavy (non-hydrogen) atoms. The zero-order valence-electron chi connectivity index (χ0n) is 10.9. The highest BCUT2D eigenvalue weighted by Gasteiger charge is 2.07. The summed E-state index contributed by atoms with van der Waals surface area (Å²) >= 11 is 3.51. The number of rotatable bonds is 4. The summed E-state index contributed by atoms with van der Waals surface area (Å²) in [6.07, 6.45) is 3.69. The lowest BCUT2D eigenvalue weighted by Gasteiger charge is -2.13. The van der Waals surface area contributed by atoms with Crippen LogP contribution in [0.25, 0.3) is 0 Å². The van der Waals surface area contributed by atoms with Gasteiger partial charge in [-0.1, -0.05) is 6.07 Å². The molecule has 0 saturated heterocycles. The van der Waals surface area contributed by atoms with Crippen LogP contribution in [0.3, 0.4) is 0 Å². The summed E-state index contributed by atoms with van der Waals surface area (Å²) in [6.45, 7) is 6.85. The lowest BCUT2D eigenvalue weighted by Crippen LogP contribution is -2.07. The van der Waals surface area contributed by atoms with Crippen LogP contribution >= 0.6 is 15.9 Å². The van der Waals surface area contributed by atoms with E-state index >= 15 is 0 Å². The number of hydrogen-bond acceptors (Lipinski definition) is 2. The number of aryl methyl sites for hydroxylation is 1. The van der Waals surface area contributed by atoms with Crippen molar-refractivity contribution < 1.29 is 4.74 Å². The van der Waals surface area contributed by atoms with E-state index in [9.17, 15) is 0 Å². The molecule has 1 aromatic carbocycles. The summed E-state index contributed by atoms with van der Waals surface area (Å²) in [4.78, 5) is 4.16. The molecule has 0 aliphatic heterocycles. The number of nitrogens with zero attached hydrogens (tertiary/aromatic N) is 2. The van der Waals surface area contributed by atoms with Gasteiger partial charge in [-0.2, -0.15) is 0 Å². The highest BCUT2D eigenvalue weighted by Crippen LogP contribution is 2.26. The number of imidazole rings is 1. The Labute approximate surface area is 116 Å². The Morgan fingerprint density at radius 3 is 2.83 bits per heavy atom. The van der Waals surface area contributed by atoms with Gasteiger partial charge in [-0.3, -0.25) is 0 Å². The fraction of sp³-hybridized carbons (Fsp3) is 0.357. The van der Waals surface area contributed by atoms with E-state index in [1.807, 2.05) is 24.7 Å². The minimum absolute atomic E-state index is 0.396. The van der Waals surface area contributed by atoms with E-state index in [1.54, 1.807) is 0 Å². The van der Waals surface area contributed by atoms with Crippen molar-refractivity contribution in [2.24, 2.45) is 0 Å². The number of hydrogen-bond donors (Lipinski definition) is 0. The fourth-order valence-electron chi connectivity index (χ4n) is 1.78. The van der Waals surface area contributed by atoms with Crippen LogP contribution in [-0.2, 0) is 6.61 Å². The number of benzene rings is 1. The third-order valence-corrected chi connectivity index (χ3v) is 3.39. The van der Waals surface area contributed by atoms with Gasteiger partial charge < -0.3 is 9.30 Å². The molecule has 0 aliphatic rings. The maximum Gasteiger partial charge on any atom is 0.134 e. The zero-order chi connectivity index (χ0) is 13.1. The van der Waals surface area contributed by atoms with Crippen molar-refractivity contribution in [3.8, 4) is 5.75 Å². The van der Waals surface area contributed by atoms with Gasteiger partial charge in [-0.25, -0.2) is 4.98 Å². The zero-order valence-corrected chi connectivity index (χ0v) is 12.4. The topological polar surface area (TPSA) is 27.1 Å². The van der Waals surface area contributed by atoms with Gasteiger partial charge in [0.15, 0.2) is 0 Å². The van der Waals surface area contributed by atoms with Crippen LogP contribution in [-0.4, -0.2) is 9.55 Å². The molecule has 1 heterocycles. The SMILES string of the molecule is Cc1ccc(OCc2cncn2C(C)C)c(Br)c1. The predicted octanol–water partition coefficient (Wildman–Crippen LogP) is 4.11. The van der Waals surface area contributed by atoms with Crippen molar-refractivity contribution in [1.29, 1.82) is 0 Å². The third-order valence-electron chi connectivity index (χ3n) is 2.77. The molecule has 0 aliphatic carbocycles. The first-order valence-corrected chi connectivity index (χ1v) is 6.77. The molecule has 1 aromatic heterocycles. The fourth-order valence-corrected chi connectivity index (χ4v) is 2.39. The molecule has 0 radical (unpaired) electrons. The summed E-state index contributed by atoms with van der Waals surface area (Å²) in [7, 11) is 0. The van der Waals surface area contributed by atoms with Crippen molar-refractivity contribution in [1.82, 2.24) is 9.55 Å². The molecule has 2 rings (SSSR count). The van der Waals surface area contributed by atoms with Gasteiger partial charge in [-0.15, -0.1) is 0 Å². The average Bonchev–Trinajstić information content (AvgIpc) is 2.76. The van der Waals surface area contributed by atoms with Gasteiger partial charge in [0.05, 0.1) is 22.7 Å². The second-order valence-electron chi connectivity index (χ2n) is 4.61. The molecule has 0 saturated carbocycles. The van der Waals surface area contributed by atoms with Crippen LogP contribution in [0, 0.1) is 6.92 Å². The second-order valence-corrected chi connectivity index (χ2v) is 5.46. The third kappa shape index (κ3) is 2.93. The minimum atomic E-state index is 0.396. The first-order valence-electron chi connectivity index (χ1n) is 5.97. The number of halogens is 1. The van der Waals surface area contributed by atoms with Gasteiger partial charge >= 0.3 is 0 Å². The largest absolute Gasteiger partial charge is 0.486 e.